The molecule has 148 valence electrons. The molecule has 0 atom stereocenters. The first-order valence-corrected chi connectivity index (χ1v) is 8.83. The van der Waals surface area contributed by atoms with Gasteiger partial charge in [0.1, 0.15) is 18.0 Å². The lowest BCUT2D eigenvalue weighted by Crippen LogP contribution is -2.21. The number of halogens is 4. The second-order valence-corrected chi connectivity index (χ2v) is 6.52. The van der Waals surface area contributed by atoms with E-state index in [4.69, 9.17) is 0 Å². The van der Waals surface area contributed by atoms with Crippen LogP contribution in [0.25, 0.3) is 11.3 Å². The fourth-order valence-electron chi connectivity index (χ4n) is 2.43. The molecule has 2 aromatic heterocycles. The van der Waals surface area contributed by atoms with Crippen LogP contribution in [0, 0.1) is 6.92 Å². The van der Waals surface area contributed by atoms with E-state index < -0.39 is 18.9 Å². The maximum atomic E-state index is 13.0. The van der Waals surface area contributed by atoms with Crippen molar-refractivity contribution in [3.8, 4) is 17.0 Å². The normalized spacial score (nSPS) is 11.2. The number of alkyl halides is 4. The molecule has 0 fully saturated rings. The summed E-state index contributed by atoms with van der Waals surface area (Å²) in [5.74, 6) is -0.529. The maximum absolute atomic E-state index is 13.0. The molecule has 3 rings (SSSR count). The van der Waals surface area contributed by atoms with Crippen LogP contribution in [0.1, 0.15) is 17.8 Å². The molecule has 0 radical (unpaired) electrons. The number of aryl methyl sites for hydroxylation is 1. The molecular formula is C17H14F4N4O2S. The quantitative estimate of drug-likeness (QED) is 0.579. The lowest BCUT2D eigenvalue weighted by Gasteiger charge is -2.06. The third kappa shape index (κ3) is 4.85. The molecule has 1 amide bonds. The van der Waals surface area contributed by atoms with Crippen LogP contribution in [-0.4, -0.2) is 27.3 Å². The zero-order chi connectivity index (χ0) is 20.3. The molecule has 2 heterocycles. The standard InChI is InChI=1S/C17H14F4N4O2S/c1-9-6-13(15(18)19)25(24-9)7-14(26)23-17-22-12(8-28-17)10-2-4-11(5-3-10)27-16(20)21/h2-6,8,15-16H,7H2,1H3,(H,22,23,26). The molecule has 28 heavy (non-hydrogen) atoms. The Morgan fingerprint density at radius 1 is 1.25 bits per heavy atom. The van der Waals surface area contributed by atoms with Crippen LogP contribution in [0.4, 0.5) is 22.7 Å². The molecule has 1 aromatic carbocycles. The average Bonchev–Trinajstić information content (AvgIpc) is 3.21. The minimum atomic E-state index is -2.91. The highest BCUT2D eigenvalue weighted by Gasteiger charge is 2.18. The van der Waals surface area contributed by atoms with Crippen molar-refractivity contribution in [1.29, 1.82) is 0 Å². The summed E-state index contributed by atoms with van der Waals surface area (Å²) >= 11 is 1.14. The number of carbonyl (C=O) groups excluding carboxylic acids is 1. The van der Waals surface area contributed by atoms with E-state index in [-0.39, 0.29) is 23.1 Å². The van der Waals surface area contributed by atoms with Gasteiger partial charge in [-0.05, 0) is 37.3 Å². The Hall–Kier alpha value is -2.95. The monoisotopic (exact) mass is 414 g/mol. The Morgan fingerprint density at radius 3 is 2.61 bits per heavy atom. The van der Waals surface area contributed by atoms with Crippen molar-refractivity contribution in [2.24, 2.45) is 0 Å². The van der Waals surface area contributed by atoms with Gasteiger partial charge in [-0.25, -0.2) is 13.8 Å². The van der Waals surface area contributed by atoms with Crippen LogP contribution in [-0.2, 0) is 11.3 Å². The third-order valence-corrected chi connectivity index (χ3v) is 4.33. The smallest absolute Gasteiger partial charge is 0.387 e. The second-order valence-electron chi connectivity index (χ2n) is 5.66. The Balaban J connectivity index is 1.65. The second kappa shape index (κ2) is 8.38. The van der Waals surface area contributed by atoms with Crippen molar-refractivity contribution < 1.29 is 27.1 Å². The summed E-state index contributed by atoms with van der Waals surface area (Å²) in [6, 6.07) is 7.09. The summed E-state index contributed by atoms with van der Waals surface area (Å²) in [5.41, 5.74) is 1.21. The molecule has 0 bridgehead atoms. The van der Waals surface area contributed by atoms with E-state index in [1.54, 1.807) is 24.4 Å². The van der Waals surface area contributed by atoms with Crippen molar-refractivity contribution in [3.05, 3.63) is 47.1 Å². The fourth-order valence-corrected chi connectivity index (χ4v) is 3.17. The molecule has 3 aromatic rings. The van der Waals surface area contributed by atoms with E-state index in [2.05, 4.69) is 20.1 Å². The van der Waals surface area contributed by atoms with Gasteiger partial charge in [0.05, 0.1) is 11.4 Å². The topological polar surface area (TPSA) is 69.0 Å². The molecule has 0 saturated heterocycles. The van der Waals surface area contributed by atoms with Crippen LogP contribution in [0.2, 0.25) is 0 Å². The predicted molar refractivity (Wildman–Crippen MR) is 94.7 cm³/mol. The first-order valence-electron chi connectivity index (χ1n) is 7.95. The minimum Gasteiger partial charge on any atom is -0.435 e. The van der Waals surface area contributed by atoms with E-state index in [0.29, 0.717) is 17.0 Å². The van der Waals surface area contributed by atoms with Gasteiger partial charge in [-0.3, -0.25) is 9.48 Å². The van der Waals surface area contributed by atoms with Crippen molar-refractivity contribution in [2.75, 3.05) is 5.32 Å². The molecule has 0 aliphatic carbocycles. The van der Waals surface area contributed by atoms with E-state index in [0.717, 1.165) is 16.0 Å². The fraction of sp³-hybridized carbons (Fsp3) is 0.235. The summed E-state index contributed by atoms with van der Waals surface area (Å²) in [6.07, 6.45) is -2.74. The molecule has 11 heteroatoms. The molecular weight excluding hydrogens is 400 g/mol. The maximum Gasteiger partial charge on any atom is 0.387 e. The Bertz CT molecular complexity index is 956. The van der Waals surface area contributed by atoms with Crippen molar-refractivity contribution >= 4 is 22.4 Å². The Morgan fingerprint density at radius 2 is 1.96 bits per heavy atom. The Kier molecular flexibility index (Phi) is 5.93. The van der Waals surface area contributed by atoms with E-state index in [9.17, 15) is 22.4 Å². The van der Waals surface area contributed by atoms with Crippen molar-refractivity contribution in [3.63, 3.8) is 0 Å². The van der Waals surface area contributed by atoms with E-state index in [1.807, 2.05) is 0 Å². The number of nitrogens with one attached hydrogen (secondary N) is 1. The van der Waals surface area contributed by atoms with Crippen LogP contribution >= 0.6 is 11.3 Å². The van der Waals surface area contributed by atoms with Gasteiger partial charge in [0.15, 0.2) is 5.13 Å². The first-order chi connectivity index (χ1) is 13.3. The number of hydrogen-bond acceptors (Lipinski definition) is 5. The van der Waals surface area contributed by atoms with Crippen LogP contribution < -0.4 is 10.1 Å². The number of thiazole rings is 1. The molecule has 1 N–H and O–H groups in total. The van der Waals surface area contributed by atoms with Gasteiger partial charge in [-0.15, -0.1) is 11.3 Å². The number of amides is 1. The molecule has 0 aliphatic rings. The van der Waals surface area contributed by atoms with Gasteiger partial charge in [-0.2, -0.15) is 13.9 Å². The Labute approximate surface area is 160 Å². The molecule has 0 aliphatic heterocycles. The zero-order valence-corrected chi connectivity index (χ0v) is 15.2. The highest BCUT2D eigenvalue weighted by atomic mass is 32.1. The molecule has 0 unspecified atom stereocenters. The van der Waals surface area contributed by atoms with Gasteiger partial charge >= 0.3 is 6.61 Å². The number of hydrogen-bond donors (Lipinski definition) is 1. The van der Waals surface area contributed by atoms with Gasteiger partial charge in [-0.1, -0.05) is 0 Å². The van der Waals surface area contributed by atoms with Gasteiger partial charge in [0.2, 0.25) is 5.91 Å². The summed E-state index contributed by atoms with van der Waals surface area (Å²) in [4.78, 5) is 16.4. The number of rotatable bonds is 7. The molecule has 6 nitrogen and oxygen atoms in total. The van der Waals surface area contributed by atoms with Crippen LogP contribution in [0.15, 0.2) is 35.7 Å². The third-order valence-electron chi connectivity index (χ3n) is 3.58. The minimum absolute atomic E-state index is 0.0202. The van der Waals surface area contributed by atoms with E-state index in [1.165, 1.54) is 18.2 Å². The number of anilines is 1. The summed E-state index contributed by atoms with van der Waals surface area (Å²) in [5, 5.41) is 8.36. The number of benzene rings is 1. The first kappa shape index (κ1) is 19.8. The molecule has 0 saturated carbocycles. The highest BCUT2D eigenvalue weighted by molar-refractivity contribution is 7.14. The van der Waals surface area contributed by atoms with Crippen LogP contribution in [0.5, 0.6) is 5.75 Å². The largest absolute Gasteiger partial charge is 0.435 e. The van der Waals surface area contributed by atoms with Crippen molar-refractivity contribution in [1.82, 2.24) is 14.8 Å². The summed E-state index contributed by atoms with van der Waals surface area (Å²) in [7, 11) is 0. The zero-order valence-electron chi connectivity index (χ0n) is 14.4. The summed E-state index contributed by atoms with van der Waals surface area (Å²) < 4.78 is 55.5. The average molecular weight is 414 g/mol. The van der Waals surface area contributed by atoms with E-state index >= 15 is 0 Å². The number of nitrogens with zero attached hydrogens (tertiary/aromatic N) is 3. The molecule has 0 spiro atoms. The van der Waals surface area contributed by atoms with Crippen LogP contribution in [0.3, 0.4) is 0 Å². The predicted octanol–water partition coefficient (Wildman–Crippen LogP) is 4.49. The van der Waals surface area contributed by atoms with Gasteiger partial charge in [0, 0.05) is 10.9 Å². The number of aromatic nitrogens is 3. The lowest BCUT2D eigenvalue weighted by molar-refractivity contribution is -0.117. The van der Waals surface area contributed by atoms with Gasteiger partial charge < -0.3 is 10.1 Å². The lowest BCUT2D eigenvalue weighted by atomic mass is 10.2. The summed E-state index contributed by atoms with van der Waals surface area (Å²) in [6.45, 7) is -1.72. The number of ether oxygens (including phenoxy) is 1. The van der Waals surface area contributed by atoms with Crippen molar-refractivity contribution in [2.45, 2.75) is 26.5 Å². The number of carbonyl (C=O) groups is 1. The SMILES string of the molecule is Cc1cc(C(F)F)n(CC(=O)Nc2nc(-c3ccc(OC(F)F)cc3)cs2)n1. The highest BCUT2D eigenvalue weighted by Crippen LogP contribution is 2.27. The van der Waals surface area contributed by atoms with Gasteiger partial charge in [0.25, 0.3) is 6.43 Å².